The van der Waals surface area contributed by atoms with Crippen molar-refractivity contribution in [3.63, 3.8) is 0 Å². The fraction of sp³-hybridized carbons (Fsp3) is 0.333. The quantitative estimate of drug-likeness (QED) is 0.709. The summed E-state index contributed by atoms with van der Waals surface area (Å²) in [6.45, 7) is 1.24. The average molecular weight is 371 g/mol. The van der Waals surface area contributed by atoms with E-state index in [4.69, 9.17) is 0 Å². The van der Waals surface area contributed by atoms with E-state index in [9.17, 15) is 8.42 Å². The number of fused-ring (bicyclic) bond motifs is 1. The molecule has 2 aliphatic rings. The summed E-state index contributed by atoms with van der Waals surface area (Å²) in [6.07, 6.45) is 2.15. The summed E-state index contributed by atoms with van der Waals surface area (Å²) in [5.74, 6) is 0.567. The highest BCUT2D eigenvalue weighted by atomic mass is 32.2. The van der Waals surface area contributed by atoms with E-state index in [2.05, 4.69) is 33.0 Å². The molecule has 0 N–H and O–H groups in total. The van der Waals surface area contributed by atoms with Crippen LogP contribution in [0.4, 0.5) is 0 Å². The first kappa shape index (κ1) is 15.4. The van der Waals surface area contributed by atoms with Gasteiger partial charge >= 0.3 is 0 Å². The van der Waals surface area contributed by atoms with Gasteiger partial charge in [-0.3, -0.25) is 0 Å². The topological polar surface area (TPSA) is 63.2 Å². The van der Waals surface area contributed by atoms with E-state index in [0.717, 1.165) is 24.6 Å². The van der Waals surface area contributed by atoms with E-state index >= 15 is 0 Å². The standard InChI is InChI=1S/C18H17N3O2S2/c22-25(23,16-8-4-7-15-17(16)20-24-19-15)21-11-18(12-21)9-14(10-18)13-5-2-1-3-6-13/h1-8,14H,9-12H2. The number of nitrogens with zero attached hydrogens (tertiary/aromatic N) is 3. The molecule has 128 valence electrons. The van der Waals surface area contributed by atoms with Crippen molar-refractivity contribution in [2.75, 3.05) is 13.1 Å². The maximum Gasteiger partial charge on any atom is 0.245 e. The van der Waals surface area contributed by atoms with E-state index in [1.807, 2.05) is 6.07 Å². The molecule has 5 rings (SSSR count). The Hall–Kier alpha value is -1.83. The van der Waals surface area contributed by atoms with Crippen molar-refractivity contribution >= 4 is 32.8 Å². The van der Waals surface area contributed by atoms with Crippen LogP contribution in [0.1, 0.15) is 24.3 Å². The van der Waals surface area contributed by atoms with Gasteiger partial charge in [0, 0.05) is 13.1 Å². The largest absolute Gasteiger partial charge is 0.245 e. The van der Waals surface area contributed by atoms with Crippen LogP contribution < -0.4 is 0 Å². The molecule has 25 heavy (non-hydrogen) atoms. The molecule has 3 aromatic rings. The van der Waals surface area contributed by atoms with Gasteiger partial charge in [0.25, 0.3) is 0 Å². The molecule has 0 bridgehead atoms. The molecule has 0 atom stereocenters. The summed E-state index contributed by atoms with van der Waals surface area (Å²) in [6, 6.07) is 15.7. The van der Waals surface area contributed by atoms with E-state index in [1.165, 1.54) is 5.56 Å². The van der Waals surface area contributed by atoms with E-state index in [-0.39, 0.29) is 10.3 Å². The van der Waals surface area contributed by atoms with Crippen LogP contribution in [0.15, 0.2) is 53.4 Å². The molecular formula is C18H17N3O2S2. The van der Waals surface area contributed by atoms with Crippen molar-refractivity contribution in [2.24, 2.45) is 5.41 Å². The van der Waals surface area contributed by atoms with Crippen molar-refractivity contribution in [1.82, 2.24) is 13.1 Å². The van der Waals surface area contributed by atoms with E-state index < -0.39 is 10.0 Å². The molecule has 1 aliphatic carbocycles. The molecule has 1 aromatic heterocycles. The lowest BCUT2D eigenvalue weighted by molar-refractivity contribution is -0.0255. The summed E-state index contributed by atoms with van der Waals surface area (Å²) in [7, 11) is -3.49. The third kappa shape index (κ3) is 2.33. The molecule has 2 aromatic carbocycles. The van der Waals surface area contributed by atoms with Crippen LogP contribution >= 0.6 is 11.7 Å². The average Bonchev–Trinajstić information content (AvgIpc) is 3.01. The van der Waals surface area contributed by atoms with Gasteiger partial charge in [0.15, 0.2) is 0 Å². The lowest BCUT2D eigenvalue weighted by Crippen LogP contribution is -2.63. The van der Waals surface area contributed by atoms with E-state index in [1.54, 1.807) is 22.5 Å². The molecule has 1 saturated heterocycles. The fourth-order valence-corrected chi connectivity index (χ4v) is 6.62. The molecule has 7 heteroatoms. The van der Waals surface area contributed by atoms with Crippen LogP contribution in [0.25, 0.3) is 11.0 Å². The maximum absolute atomic E-state index is 13.0. The monoisotopic (exact) mass is 371 g/mol. The predicted molar refractivity (Wildman–Crippen MR) is 97.0 cm³/mol. The van der Waals surface area contributed by atoms with Gasteiger partial charge in [-0.1, -0.05) is 36.4 Å². The van der Waals surface area contributed by atoms with Crippen molar-refractivity contribution in [3.05, 3.63) is 54.1 Å². The summed E-state index contributed by atoms with van der Waals surface area (Å²) in [5.41, 5.74) is 2.67. The Balaban J connectivity index is 1.33. The molecule has 0 amide bonds. The van der Waals surface area contributed by atoms with Crippen molar-refractivity contribution < 1.29 is 8.42 Å². The van der Waals surface area contributed by atoms with Gasteiger partial charge in [-0.25, -0.2) is 8.42 Å². The molecule has 2 fully saturated rings. The zero-order chi connectivity index (χ0) is 17.1. The highest BCUT2D eigenvalue weighted by Crippen LogP contribution is 2.57. The summed E-state index contributed by atoms with van der Waals surface area (Å²) >= 11 is 1.05. The predicted octanol–water partition coefficient (Wildman–Crippen LogP) is 3.26. The molecule has 0 unspecified atom stereocenters. The Bertz CT molecular complexity index is 1030. The minimum atomic E-state index is -3.49. The van der Waals surface area contributed by atoms with Crippen molar-refractivity contribution in [1.29, 1.82) is 0 Å². The molecular weight excluding hydrogens is 354 g/mol. The van der Waals surface area contributed by atoms with Gasteiger partial charge in [-0.15, -0.1) is 0 Å². The first-order chi connectivity index (χ1) is 12.1. The van der Waals surface area contributed by atoms with Gasteiger partial charge in [-0.05, 0) is 41.9 Å². The number of rotatable bonds is 3. The SMILES string of the molecule is O=S(=O)(c1cccc2nsnc12)N1CC2(CC(c3ccccc3)C2)C1. The van der Waals surface area contributed by atoms with Crippen LogP contribution in [0.2, 0.25) is 0 Å². The summed E-state index contributed by atoms with van der Waals surface area (Å²) in [4.78, 5) is 0.285. The lowest BCUT2D eigenvalue weighted by atomic mass is 9.57. The van der Waals surface area contributed by atoms with Gasteiger partial charge < -0.3 is 0 Å². The number of sulfonamides is 1. The maximum atomic E-state index is 13.0. The Labute approximate surface area is 150 Å². The van der Waals surface area contributed by atoms with Crippen LogP contribution in [-0.4, -0.2) is 34.6 Å². The van der Waals surface area contributed by atoms with Crippen LogP contribution in [0.5, 0.6) is 0 Å². The third-order valence-electron chi connectivity index (χ3n) is 5.52. The normalized spacial score (nSPS) is 20.5. The first-order valence-electron chi connectivity index (χ1n) is 8.34. The highest BCUT2D eigenvalue weighted by Gasteiger charge is 2.55. The second-order valence-electron chi connectivity index (χ2n) is 7.18. The summed E-state index contributed by atoms with van der Waals surface area (Å²) in [5, 5.41) is 0. The molecule has 1 aliphatic heterocycles. The molecule has 2 heterocycles. The Morgan fingerprint density at radius 1 is 1.00 bits per heavy atom. The minimum absolute atomic E-state index is 0.168. The molecule has 1 saturated carbocycles. The van der Waals surface area contributed by atoms with Crippen molar-refractivity contribution in [2.45, 2.75) is 23.7 Å². The Morgan fingerprint density at radius 3 is 2.52 bits per heavy atom. The van der Waals surface area contributed by atoms with Crippen LogP contribution in [-0.2, 0) is 10.0 Å². The fourth-order valence-electron chi connectivity index (χ4n) is 4.21. The Morgan fingerprint density at radius 2 is 1.76 bits per heavy atom. The molecule has 1 spiro atoms. The van der Waals surface area contributed by atoms with Gasteiger partial charge in [0.05, 0.1) is 11.7 Å². The van der Waals surface area contributed by atoms with Crippen LogP contribution in [0, 0.1) is 5.41 Å². The Kier molecular flexibility index (Phi) is 3.29. The molecule has 0 radical (unpaired) electrons. The number of hydrogen-bond acceptors (Lipinski definition) is 5. The number of aromatic nitrogens is 2. The molecule has 5 nitrogen and oxygen atoms in total. The minimum Gasteiger partial charge on any atom is -0.207 e. The van der Waals surface area contributed by atoms with Gasteiger partial charge in [-0.2, -0.15) is 13.1 Å². The highest BCUT2D eigenvalue weighted by molar-refractivity contribution is 7.89. The smallest absolute Gasteiger partial charge is 0.207 e. The number of hydrogen-bond donors (Lipinski definition) is 0. The summed E-state index contributed by atoms with van der Waals surface area (Å²) < 4.78 is 35.9. The zero-order valence-corrected chi connectivity index (χ0v) is 15.1. The van der Waals surface area contributed by atoms with Gasteiger partial charge in [0.1, 0.15) is 15.9 Å². The first-order valence-corrected chi connectivity index (χ1v) is 10.5. The van der Waals surface area contributed by atoms with Crippen molar-refractivity contribution in [3.8, 4) is 0 Å². The zero-order valence-electron chi connectivity index (χ0n) is 13.5. The van der Waals surface area contributed by atoms with E-state index in [0.29, 0.717) is 30.0 Å². The second-order valence-corrected chi connectivity index (χ2v) is 9.61. The third-order valence-corrected chi connectivity index (χ3v) is 7.89. The second kappa shape index (κ2) is 5.33. The van der Waals surface area contributed by atoms with Crippen LogP contribution in [0.3, 0.4) is 0 Å². The number of benzene rings is 2. The van der Waals surface area contributed by atoms with Gasteiger partial charge in [0.2, 0.25) is 10.0 Å². The lowest BCUT2D eigenvalue weighted by Gasteiger charge is -2.58.